The van der Waals surface area contributed by atoms with Gasteiger partial charge in [0.05, 0.1) is 11.8 Å². The number of halogens is 2. The maximum atomic E-state index is 13.5. The van der Waals surface area contributed by atoms with Crippen LogP contribution in [-0.2, 0) is 0 Å². The van der Waals surface area contributed by atoms with E-state index in [-0.39, 0.29) is 10.7 Å². The molecule has 4 nitrogen and oxygen atoms in total. The highest BCUT2D eigenvalue weighted by atomic mass is 32.2. The summed E-state index contributed by atoms with van der Waals surface area (Å²) in [4.78, 5) is 0.194. The normalized spacial score (nSPS) is 10.3. The third kappa shape index (κ3) is 2.62. The van der Waals surface area contributed by atoms with Gasteiger partial charge in [-0.15, -0.1) is 5.10 Å². The van der Waals surface area contributed by atoms with Crippen LogP contribution in [0, 0.1) is 17.0 Å². The molecule has 0 atom stereocenters. The van der Waals surface area contributed by atoms with E-state index in [1.807, 2.05) is 0 Å². The Morgan fingerprint density at radius 3 is 2.72 bits per heavy atom. The van der Waals surface area contributed by atoms with Crippen LogP contribution in [0.25, 0.3) is 0 Å². The molecule has 1 heterocycles. The molecule has 2 rings (SSSR count). The van der Waals surface area contributed by atoms with Crippen molar-refractivity contribution in [3.8, 4) is 0 Å². The summed E-state index contributed by atoms with van der Waals surface area (Å²) in [5.41, 5.74) is 5.74. The Hall–Kier alpha value is -2.02. The maximum absolute atomic E-state index is 13.5. The second-order valence-corrected chi connectivity index (χ2v) is 4.37. The van der Waals surface area contributed by atoms with Crippen molar-refractivity contribution >= 4 is 17.6 Å². The highest BCUT2D eigenvalue weighted by molar-refractivity contribution is 7.99. The zero-order chi connectivity index (χ0) is 13.1. The van der Waals surface area contributed by atoms with Gasteiger partial charge in [-0.05, 0) is 18.2 Å². The molecule has 0 aliphatic rings. The lowest BCUT2D eigenvalue weighted by Gasteiger charge is -2.06. The van der Waals surface area contributed by atoms with E-state index in [4.69, 9.17) is 11.1 Å². The Morgan fingerprint density at radius 2 is 2.06 bits per heavy atom. The minimum absolute atomic E-state index is 0.185. The van der Waals surface area contributed by atoms with Crippen molar-refractivity contribution < 1.29 is 8.78 Å². The van der Waals surface area contributed by atoms with E-state index in [1.165, 1.54) is 18.3 Å². The van der Waals surface area contributed by atoms with Crippen LogP contribution in [-0.4, -0.2) is 16.0 Å². The predicted octanol–water partition coefficient (Wildman–Crippen LogP) is 2.19. The van der Waals surface area contributed by atoms with Crippen molar-refractivity contribution in [1.82, 2.24) is 10.2 Å². The zero-order valence-electron chi connectivity index (χ0n) is 9.02. The lowest BCUT2D eigenvalue weighted by Crippen LogP contribution is -2.13. The van der Waals surface area contributed by atoms with Gasteiger partial charge < -0.3 is 5.73 Å². The molecule has 1 aromatic carbocycles. The van der Waals surface area contributed by atoms with Gasteiger partial charge in [-0.2, -0.15) is 5.10 Å². The molecule has 92 valence electrons. The number of rotatable bonds is 3. The topological polar surface area (TPSA) is 75.7 Å². The number of aromatic nitrogens is 2. The molecule has 0 fully saturated rings. The first-order valence-corrected chi connectivity index (χ1v) is 5.68. The molecule has 7 heteroatoms. The molecule has 0 radical (unpaired) electrons. The fourth-order valence-electron chi connectivity index (χ4n) is 1.26. The molecular weight excluding hydrogens is 258 g/mol. The van der Waals surface area contributed by atoms with Crippen LogP contribution >= 0.6 is 11.8 Å². The van der Waals surface area contributed by atoms with Gasteiger partial charge in [0.1, 0.15) is 22.5 Å². The second-order valence-electron chi connectivity index (χ2n) is 3.34. The number of hydrogen-bond donors (Lipinski definition) is 2. The number of nitrogens with two attached hydrogens (primary N) is 1. The largest absolute Gasteiger partial charge is 0.384 e. The van der Waals surface area contributed by atoms with Crippen LogP contribution in [0.4, 0.5) is 8.78 Å². The van der Waals surface area contributed by atoms with E-state index in [0.717, 1.165) is 23.9 Å². The summed E-state index contributed by atoms with van der Waals surface area (Å²) in [5.74, 6) is -1.53. The molecule has 0 unspecified atom stereocenters. The molecule has 18 heavy (non-hydrogen) atoms. The first kappa shape index (κ1) is 12.4. The Balaban J connectivity index is 2.37. The third-order valence-corrected chi connectivity index (χ3v) is 3.12. The van der Waals surface area contributed by atoms with Crippen LogP contribution in [0.5, 0.6) is 0 Å². The van der Waals surface area contributed by atoms with Gasteiger partial charge in [0.15, 0.2) is 0 Å². The monoisotopic (exact) mass is 266 g/mol. The van der Waals surface area contributed by atoms with Crippen molar-refractivity contribution in [1.29, 1.82) is 5.41 Å². The molecule has 1 aromatic heterocycles. The predicted molar refractivity (Wildman–Crippen MR) is 63.5 cm³/mol. The van der Waals surface area contributed by atoms with Gasteiger partial charge in [0.25, 0.3) is 0 Å². The van der Waals surface area contributed by atoms with Gasteiger partial charge in [0.2, 0.25) is 0 Å². The lowest BCUT2D eigenvalue weighted by atomic mass is 10.3. The first-order chi connectivity index (χ1) is 8.58. The minimum Gasteiger partial charge on any atom is -0.384 e. The zero-order valence-corrected chi connectivity index (χ0v) is 9.84. The van der Waals surface area contributed by atoms with E-state index < -0.39 is 11.6 Å². The Bertz CT molecular complexity index is 603. The van der Waals surface area contributed by atoms with Crippen LogP contribution in [0.3, 0.4) is 0 Å². The van der Waals surface area contributed by atoms with E-state index in [0.29, 0.717) is 10.6 Å². The van der Waals surface area contributed by atoms with Gasteiger partial charge in [0, 0.05) is 11.0 Å². The highest BCUT2D eigenvalue weighted by Crippen LogP contribution is 2.30. The molecule has 0 aliphatic carbocycles. The molecule has 3 N–H and O–H groups in total. The van der Waals surface area contributed by atoms with Crippen LogP contribution in [0.15, 0.2) is 40.4 Å². The quantitative estimate of drug-likeness (QED) is 0.659. The van der Waals surface area contributed by atoms with Gasteiger partial charge in [-0.25, -0.2) is 8.78 Å². The average molecular weight is 266 g/mol. The number of nitrogens with one attached hydrogen (secondary N) is 1. The van der Waals surface area contributed by atoms with Crippen molar-refractivity contribution in [3.05, 3.63) is 47.7 Å². The SMILES string of the molecule is N=C(N)c1ccnnc1Sc1ccc(F)cc1F. The number of nitrogen functional groups attached to an aromatic ring is 1. The fourth-order valence-corrected chi connectivity index (χ4v) is 2.14. The highest BCUT2D eigenvalue weighted by Gasteiger charge is 2.12. The van der Waals surface area contributed by atoms with E-state index >= 15 is 0 Å². The fraction of sp³-hybridized carbons (Fsp3) is 0. The molecule has 0 bridgehead atoms. The van der Waals surface area contributed by atoms with Gasteiger partial charge in [-0.3, -0.25) is 5.41 Å². The Labute approximate surface area is 106 Å². The number of hydrogen-bond acceptors (Lipinski definition) is 4. The summed E-state index contributed by atoms with van der Waals surface area (Å²) in [6.45, 7) is 0. The van der Waals surface area contributed by atoms with Crippen molar-refractivity contribution in [2.45, 2.75) is 9.92 Å². The number of nitrogens with zero attached hydrogens (tertiary/aromatic N) is 2. The van der Waals surface area contributed by atoms with Crippen LogP contribution in [0.2, 0.25) is 0 Å². The molecule has 0 saturated heterocycles. The molecule has 2 aromatic rings. The summed E-state index contributed by atoms with van der Waals surface area (Å²) < 4.78 is 26.2. The second kappa shape index (κ2) is 5.09. The summed E-state index contributed by atoms with van der Waals surface area (Å²) in [5, 5.41) is 15.1. The summed E-state index contributed by atoms with van der Waals surface area (Å²) in [7, 11) is 0. The summed E-state index contributed by atoms with van der Waals surface area (Å²) >= 11 is 0.942. The molecule has 0 saturated carbocycles. The first-order valence-electron chi connectivity index (χ1n) is 4.87. The van der Waals surface area contributed by atoms with Gasteiger partial charge >= 0.3 is 0 Å². The summed E-state index contributed by atoms with van der Waals surface area (Å²) in [6, 6.07) is 4.74. The molecule has 0 spiro atoms. The molecule has 0 amide bonds. The lowest BCUT2D eigenvalue weighted by molar-refractivity contribution is 0.565. The van der Waals surface area contributed by atoms with Crippen molar-refractivity contribution in [3.63, 3.8) is 0 Å². The number of amidine groups is 1. The maximum Gasteiger partial charge on any atom is 0.140 e. The number of benzene rings is 1. The summed E-state index contributed by atoms with van der Waals surface area (Å²) in [6.07, 6.45) is 1.39. The van der Waals surface area contributed by atoms with E-state index in [9.17, 15) is 8.78 Å². The van der Waals surface area contributed by atoms with Crippen LogP contribution in [0.1, 0.15) is 5.56 Å². The third-order valence-electron chi connectivity index (χ3n) is 2.08. The van der Waals surface area contributed by atoms with E-state index in [1.54, 1.807) is 0 Å². The Morgan fingerprint density at radius 1 is 1.28 bits per heavy atom. The van der Waals surface area contributed by atoms with Crippen molar-refractivity contribution in [2.24, 2.45) is 5.73 Å². The Kier molecular flexibility index (Phi) is 3.52. The van der Waals surface area contributed by atoms with Crippen molar-refractivity contribution in [2.75, 3.05) is 0 Å². The minimum atomic E-state index is -0.694. The van der Waals surface area contributed by atoms with Crippen LogP contribution < -0.4 is 5.73 Å². The molecule has 0 aliphatic heterocycles. The average Bonchev–Trinajstić information content (AvgIpc) is 2.33. The standard InChI is InChI=1S/C11H8F2N4S/c12-6-1-2-9(8(13)5-6)18-11-7(10(14)15)3-4-16-17-11/h1-5H,(H3,14,15). The smallest absolute Gasteiger partial charge is 0.140 e. The van der Waals surface area contributed by atoms with E-state index in [2.05, 4.69) is 10.2 Å². The van der Waals surface area contributed by atoms with Gasteiger partial charge in [-0.1, -0.05) is 11.8 Å². The molecular formula is C11H8F2N4S.